The number of ether oxygens (including phenoxy) is 1. The number of benzene rings is 2. The molecule has 0 fully saturated rings. The predicted molar refractivity (Wildman–Crippen MR) is 79.1 cm³/mol. The smallest absolute Gasteiger partial charge is 0.272 e. The zero-order chi connectivity index (χ0) is 15.5. The maximum absolute atomic E-state index is 13.8. The van der Waals surface area contributed by atoms with Crippen LogP contribution in [0.4, 0.5) is 10.1 Å². The van der Waals surface area contributed by atoms with Crippen LogP contribution < -0.4 is 4.74 Å². The van der Waals surface area contributed by atoms with Crippen molar-refractivity contribution in [3.8, 4) is 5.75 Å². The molecule has 3 rings (SSSR count). The molecule has 22 heavy (non-hydrogen) atoms. The molecule has 0 aliphatic heterocycles. The van der Waals surface area contributed by atoms with Gasteiger partial charge in [-0.1, -0.05) is 24.3 Å². The molecule has 0 amide bonds. The number of hydrogen-bond acceptors (Lipinski definition) is 4. The highest BCUT2D eigenvalue weighted by Crippen LogP contribution is 2.24. The van der Waals surface area contributed by atoms with E-state index in [0.717, 1.165) is 22.5 Å². The van der Waals surface area contributed by atoms with Crippen molar-refractivity contribution < 1.29 is 14.1 Å². The van der Waals surface area contributed by atoms with Gasteiger partial charge < -0.3 is 4.74 Å². The van der Waals surface area contributed by atoms with Gasteiger partial charge in [0.25, 0.3) is 5.69 Å². The summed E-state index contributed by atoms with van der Waals surface area (Å²) in [6.07, 6.45) is 1.68. The lowest BCUT2D eigenvalue weighted by Gasteiger charge is -2.09. The van der Waals surface area contributed by atoms with Crippen LogP contribution in [0.25, 0.3) is 10.9 Å². The lowest BCUT2D eigenvalue weighted by Crippen LogP contribution is -1.99. The van der Waals surface area contributed by atoms with Crippen LogP contribution in [0.1, 0.15) is 5.56 Å². The Kier molecular flexibility index (Phi) is 3.65. The van der Waals surface area contributed by atoms with E-state index >= 15 is 0 Å². The first-order valence-corrected chi connectivity index (χ1v) is 6.54. The van der Waals surface area contributed by atoms with E-state index in [9.17, 15) is 14.5 Å². The molecule has 0 aliphatic rings. The first-order valence-electron chi connectivity index (χ1n) is 6.54. The Labute approximate surface area is 125 Å². The van der Waals surface area contributed by atoms with Crippen LogP contribution in [-0.2, 0) is 6.61 Å². The van der Waals surface area contributed by atoms with Crippen LogP contribution >= 0.6 is 0 Å². The highest BCUT2D eigenvalue weighted by atomic mass is 19.1. The maximum atomic E-state index is 13.8. The fourth-order valence-corrected chi connectivity index (χ4v) is 2.16. The minimum atomic E-state index is -0.762. The SMILES string of the molecule is O=[N+]([O-])c1ccc(OCc2cccc3cccnc23)c(F)c1. The number of nitro groups is 1. The normalized spacial score (nSPS) is 10.6. The van der Waals surface area contributed by atoms with E-state index in [2.05, 4.69) is 4.98 Å². The van der Waals surface area contributed by atoms with Gasteiger partial charge in [0.05, 0.1) is 16.5 Å². The van der Waals surface area contributed by atoms with Crippen molar-refractivity contribution in [2.24, 2.45) is 0 Å². The van der Waals surface area contributed by atoms with Gasteiger partial charge in [0, 0.05) is 23.2 Å². The van der Waals surface area contributed by atoms with Crippen molar-refractivity contribution >= 4 is 16.6 Å². The summed E-state index contributed by atoms with van der Waals surface area (Å²) in [6.45, 7) is 0.128. The van der Waals surface area contributed by atoms with Gasteiger partial charge in [0.15, 0.2) is 11.6 Å². The van der Waals surface area contributed by atoms with Gasteiger partial charge >= 0.3 is 0 Å². The van der Waals surface area contributed by atoms with Crippen molar-refractivity contribution in [2.45, 2.75) is 6.61 Å². The molecule has 0 radical (unpaired) electrons. The Morgan fingerprint density at radius 1 is 1.18 bits per heavy atom. The third-order valence-corrected chi connectivity index (χ3v) is 3.23. The summed E-state index contributed by atoms with van der Waals surface area (Å²) < 4.78 is 19.2. The van der Waals surface area contributed by atoms with Gasteiger partial charge in [-0.25, -0.2) is 4.39 Å². The Morgan fingerprint density at radius 3 is 2.77 bits per heavy atom. The number of fused-ring (bicyclic) bond motifs is 1. The second kappa shape index (κ2) is 5.77. The number of hydrogen-bond donors (Lipinski definition) is 0. The summed E-state index contributed by atoms with van der Waals surface area (Å²) in [4.78, 5) is 14.2. The van der Waals surface area contributed by atoms with Crippen LogP contribution in [0.5, 0.6) is 5.75 Å². The summed E-state index contributed by atoms with van der Waals surface area (Å²) in [5.74, 6) is -0.791. The number of nitrogens with zero attached hydrogens (tertiary/aromatic N) is 2. The van der Waals surface area contributed by atoms with Crippen molar-refractivity contribution in [2.75, 3.05) is 0 Å². The molecule has 1 aromatic heterocycles. The molecule has 0 spiro atoms. The highest BCUT2D eigenvalue weighted by molar-refractivity contribution is 5.81. The van der Waals surface area contributed by atoms with Crippen LogP contribution in [0.3, 0.4) is 0 Å². The molecular formula is C16H11FN2O3. The van der Waals surface area contributed by atoms with Crippen LogP contribution in [0.2, 0.25) is 0 Å². The molecule has 0 bridgehead atoms. The topological polar surface area (TPSA) is 65.3 Å². The summed E-state index contributed by atoms with van der Waals surface area (Å²) in [5, 5.41) is 11.5. The summed E-state index contributed by atoms with van der Waals surface area (Å²) in [5.41, 5.74) is 1.29. The largest absolute Gasteiger partial charge is 0.486 e. The third kappa shape index (κ3) is 2.71. The average Bonchev–Trinajstić information content (AvgIpc) is 2.53. The number of rotatable bonds is 4. The summed E-state index contributed by atoms with van der Waals surface area (Å²) in [6, 6.07) is 12.7. The number of para-hydroxylation sites is 1. The standard InChI is InChI=1S/C16H11FN2O3/c17-14-9-13(19(20)21)6-7-15(14)22-10-12-4-1-3-11-5-2-8-18-16(11)12/h1-9H,10H2. The molecule has 0 aliphatic carbocycles. The number of pyridine rings is 1. The Morgan fingerprint density at radius 2 is 2.00 bits per heavy atom. The van der Waals surface area contributed by atoms with Gasteiger partial charge in [-0.15, -0.1) is 0 Å². The number of non-ortho nitro benzene ring substituents is 1. The minimum Gasteiger partial charge on any atom is -0.486 e. The lowest BCUT2D eigenvalue weighted by molar-refractivity contribution is -0.385. The summed E-state index contributed by atoms with van der Waals surface area (Å²) in [7, 11) is 0. The lowest BCUT2D eigenvalue weighted by atomic mass is 10.1. The fourth-order valence-electron chi connectivity index (χ4n) is 2.16. The van der Waals surface area contributed by atoms with E-state index in [-0.39, 0.29) is 18.0 Å². The van der Waals surface area contributed by atoms with Gasteiger partial charge in [-0.2, -0.15) is 0 Å². The maximum Gasteiger partial charge on any atom is 0.272 e. The van der Waals surface area contributed by atoms with Gasteiger partial charge in [-0.05, 0) is 12.1 Å². The van der Waals surface area contributed by atoms with E-state index in [0.29, 0.717) is 0 Å². The van der Waals surface area contributed by atoms with Crippen molar-refractivity contribution in [3.05, 3.63) is 76.2 Å². The van der Waals surface area contributed by atoms with Gasteiger partial charge in [0.1, 0.15) is 6.61 Å². The molecular weight excluding hydrogens is 287 g/mol. The molecule has 0 saturated carbocycles. The molecule has 0 saturated heterocycles. The number of halogens is 1. The van der Waals surface area contributed by atoms with E-state index < -0.39 is 10.7 Å². The zero-order valence-electron chi connectivity index (χ0n) is 11.4. The van der Waals surface area contributed by atoms with Crippen LogP contribution in [0.15, 0.2) is 54.7 Å². The van der Waals surface area contributed by atoms with Gasteiger partial charge in [0.2, 0.25) is 0 Å². The Balaban J connectivity index is 1.84. The van der Waals surface area contributed by atoms with Gasteiger partial charge in [-0.3, -0.25) is 15.1 Å². The highest BCUT2D eigenvalue weighted by Gasteiger charge is 2.12. The third-order valence-electron chi connectivity index (χ3n) is 3.23. The first kappa shape index (κ1) is 13.9. The molecule has 3 aromatic rings. The van der Waals surface area contributed by atoms with Crippen LogP contribution in [-0.4, -0.2) is 9.91 Å². The zero-order valence-corrected chi connectivity index (χ0v) is 11.4. The van der Waals surface area contributed by atoms with Crippen molar-refractivity contribution in [3.63, 3.8) is 0 Å². The first-order chi connectivity index (χ1) is 10.6. The Bertz CT molecular complexity index is 846. The predicted octanol–water partition coefficient (Wildman–Crippen LogP) is 3.86. The van der Waals surface area contributed by atoms with E-state index in [1.165, 1.54) is 12.1 Å². The second-order valence-electron chi connectivity index (χ2n) is 4.65. The number of aromatic nitrogens is 1. The molecule has 5 nitrogen and oxygen atoms in total. The van der Waals surface area contributed by atoms with Crippen molar-refractivity contribution in [1.82, 2.24) is 4.98 Å². The Hall–Kier alpha value is -3.02. The molecule has 0 N–H and O–H groups in total. The quantitative estimate of drug-likeness (QED) is 0.542. The molecule has 0 atom stereocenters. The minimum absolute atomic E-state index is 0.0291. The van der Waals surface area contributed by atoms with E-state index in [1.54, 1.807) is 6.20 Å². The molecule has 2 aromatic carbocycles. The van der Waals surface area contributed by atoms with Crippen LogP contribution in [0, 0.1) is 15.9 Å². The van der Waals surface area contributed by atoms with E-state index in [4.69, 9.17) is 4.74 Å². The fraction of sp³-hybridized carbons (Fsp3) is 0.0625. The molecule has 6 heteroatoms. The van der Waals surface area contributed by atoms with Crippen molar-refractivity contribution in [1.29, 1.82) is 0 Å². The summed E-state index contributed by atoms with van der Waals surface area (Å²) >= 11 is 0. The number of nitro benzene ring substituents is 1. The average molecular weight is 298 g/mol. The molecule has 1 heterocycles. The molecule has 110 valence electrons. The van der Waals surface area contributed by atoms with E-state index in [1.807, 2.05) is 30.3 Å². The second-order valence-corrected chi connectivity index (χ2v) is 4.65. The molecule has 0 unspecified atom stereocenters. The monoisotopic (exact) mass is 298 g/mol.